The molecule has 6 nitrogen and oxygen atoms in total. The second kappa shape index (κ2) is 6.33. The van der Waals surface area contributed by atoms with Crippen LogP contribution in [0.5, 0.6) is 11.5 Å². The number of anilines is 1. The van der Waals surface area contributed by atoms with Crippen molar-refractivity contribution in [2.75, 3.05) is 4.90 Å². The van der Waals surface area contributed by atoms with Crippen LogP contribution in [0.4, 0.5) is 5.69 Å². The number of phenolic OH excluding ortho intramolecular Hbond substituents is 1. The minimum atomic E-state index is -3.71. The average molecular weight is 405 g/mol. The molecule has 1 saturated heterocycles. The SMILES string of the molecule is O=C1CC(P2(=O)Oc3ccccc3-c3ccccc32)C(=O)N1c1ccc(O)cc1. The monoisotopic (exact) mass is 405 g/mol. The van der Waals surface area contributed by atoms with E-state index in [4.69, 9.17) is 4.52 Å². The molecule has 0 radical (unpaired) electrons. The number of phenols is 1. The zero-order chi connectivity index (χ0) is 20.2. The molecule has 2 amide bonds. The Morgan fingerprint density at radius 2 is 1.55 bits per heavy atom. The Bertz CT molecular complexity index is 1200. The summed E-state index contributed by atoms with van der Waals surface area (Å²) in [4.78, 5) is 26.9. The number of fused-ring (bicyclic) bond motifs is 3. The number of carbonyl (C=O) groups excluding carboxylic acids is 2. The first-order valence-electron chi connectivity index (χ1n) is 9.13. The maximum atomic E-state index is 14.1. The van der Waals surface area contributed by atoms with E-state index in [2.05, 4.69) is 0 Å². The maximum Gasteiger partial charge on any atom is 0.290 e. The van der Waals surface area contributed by atoms with Crippen LogP contribution < -0.4 is 14.7 Å². The smallest absolute Gasteiger partial charge is 0.290 e. The average Bonchev–Trinajstić information content (AvgIpc) is 3.04. The van der Waals surface area contributed by atoms with Crippen molar-refractivity contribution in [1.29, 1.82) is 0 Å². The van der Waals surface area contributed by atoms with Gasteiger partial charge in [-0.05, 0) is 42.0 Å². The van der Waals surface area contributed by atoms with Crippen molar-refractivity contribution in [2.24, 2.45) is 0 Å². The van der Waals surface area contributed by atoms with Gasteiger partial charge < -0.3 is 9.63 Å². The van der Waals surface area contributed by atoms with E-state index in [1.54, 1.807) is 24.3 Å². The Morgan fingerprint density at radius 3 is 2.31 bits per heavy atom. The van der Waals surface area contributed by atoms with Gasteiger partial charge in [-0.1, -0.05) is 36.4 Å². The lowest BCUT2D eigenvalue weighted by atomic mass is 10.0. The molecular formula is C22H16NO5P. The molecule has 29 heavy (non-hydrogen) atoms. The van der Waals surface area contributed by atoms with E-state index in [0.29, 0.717) is 16.7 Å². The van der Waals surface area contributed by atoms with Crippen molar-refractivity contribution >= 4 is 30.2 Å². The molecule has 2 aliphatic heterocycles. The van der Waals surface area contributed by atoms with Crippen molar-refractivity contribution < 1.29 is 23.8 Å². The summed E-state index contributed by atoms with van der Waals surface area (Å²) < 4.78 is 20.1. The molecule has 2 atom stereocenters. The third-order valence-electron chi connectivity index (χ3n) is 5.29. The summed E-state index contributed by atoms with van der Waals surface area (Å²) in [6.07, 6.45) is -0.201. The van der Waals surface area contributed by atoms with E-state index in [1.165, 1.54) is 24.3 Å². The number of carbonyl (C=O) groups is 2. The number of aromatic hydroxyl groups is 1. The number of amides is 2. The molecule has 3 aromatic carbocycles. The van der Waals surface area contributed by atoms with E-state index >= 15 is 0 Å². The quantitative estimate of drug-likeness (QED) is 0.519. The van der Waals surface area contributed by atoms with Gasteiger partial charge in [0.05, 0.1) is 11.0 Å². The molecule has 0 spiro atoms. The minimum Gasteiger partial charge on any atom is -0.508 e. The fourth-order valence-corrected chi connectivity index (χ4v) is 6.56. The number of nitrogens with zero attached hydrogens (tertiary/aromatic N) is 1. The molecule has 144 valence electrons. The summed E-state index contributed by atoms with van der Waals surface area (Å²) in [6, 6.07) is 20.1. The number of para-hydroxylation sites is 1. The summed E-state index contributed by atoms with van der Waals surface area (Å²) in [5.74, 6) is -0.532. The van der Waals surface area contributed by atoms with Gasteiger partial charge in [0.2, 0.25) is 11.8 Å². The third kappa shape index (κ3) is 2.60. The van der Waals surface area contributed by atoms with Gasteiger partial charge in [0.15, 0.2) is 0 Å². The number of imide groups is 1. The highest BCUT2D eigenvalue weighted by Gasteiger charge is 2.54. The maximum absolute atomic E-state index is 14.1. The number of hydrogen-bond acceptors (Lipinski definition) is 5. The number of rotatable bonds is 2. The molecule has 2 heterocycles. The Morgan fingerprint density at radius 1 is 0.897 bits per heavy atom. The zero-order valence-electron chi connectivity index (χ0n) is 15.2. The summed E-state index contributed by atoms with van der Waals surface area (Å²) in [5, 5.41) is 9.93. The normalized spacial score (nSPS) is 22.8. The summed E-state index contributed by atoms with van der Waals surface area (Å²) in [6.45, 7) is 0. The van der Waals surface area contributed by atoms with Crippen LogP contribution in [-0.2, 0) is 14.2 Å². The van der Waals surface area contributed by atoms with Gasteiger partial charge in [0.1, 0.15) is 17.2 Å². The molecule has 5 rings (SSSR count). The third-order valence-corrected chi connectivity index (χ3v) is 8.05. The molecule has 0 aliphatic carbocycles. The molecule has 0 aromatic heterocycles. The van der Waals surface area contributed by atoms with E-state index < -0.39 is 24.8 Å². The standard InChI is InChI=1S/C22H16NO5P/c24-15-11-9-14(10-12-15)23-21(25)13-20(22(23)26)29(27)19-8-4-2-6-17(19)16-5-1-3-7-18(16)28-29/h1-12,20,24H,13H2. The molecular weight excluding hydrogens is 389 g/mol. The molecule has 7 heteroatoms. The first-order chi connectivity index (χ1) is 14.0. The van der Waals surface area contributed by atoms with Crippen molar-refractivity contribution in [3.63, 3.8) is 0 Å². The van der Waals surface area contributed by atoms with E-state index in [1.807, 2.05) is 24.3 Å². The van der Waals surface area contributed by atoms with Crippen molar-refractivity contribution in [3.8, 4) is 22.6 Å². The molecule has 0 saturated carbocycles. The lowest BCUT2D eigenvalue weighted by Crippen LogP contribution is -2.35. The predicted molar refractivity (Wildman–Crippen MR) is 109 cm³/mol. The summed E-state index contributed by atoms with van der Waals surface area (Å²) in [7, 11) is -3.71. The van der Waals surface area contributed by atoms with Gasteiger partial charge in [-0.3, -0.25) is 14.2 Å². The first-order valence-corrected chi connectivity index (χ1v) is 10.8. The molecule has 3 aromatic rings. The van der Waals surface area contributed by atoms with E-state index in [9.17, 15) is 19.3 Å². The largest absolute Gasteiger partial charge is 0.508 e. The van der Waals surface area contributed by atoms with Crippen LogP contribution in [0.1, 0.15) is 6.42 Å². The highest BCUT2D eigenvalue weighted by atomic mass is 31.2. The lowest BCUT2D eigenvalue weighted by Gasteiger charge is -2.31. The highest BCUT2D eigenvalue weighted by molar-refractivity contribution is 7.69. The Hall–Kier alpha value is -3.37. The van der Waals surface area contributed by atoms with Crippen molar-refractivity contribution in [2.45, 2.75) is 12.1 Å². The molecule has 2 aliphatic rings. The molecule has 0 bridgehead atoms. The number of hydrogen-bond donors (Lipinski definition) is 1. The van der Waals surface area contributed by atoms with Crippen molar-refractivity contribution in [3.05, 3.63) is 72.8 Å². The summed E-state index contributed by atoms with van der Waals surface area (Å²) in [5.41, 5.74) is 0.790. The highest BCUT2D eigenvalue weighted by Crippen LogP contribution is 2.60. The van der Waals surface area contributed by atoms with Gasteiger partial charge in [0.25, 0.3) is 7.37 Å². The first kappa shape index (κ1) is 17.7. The second-order valence-corrected chi connectivity index (χ2v) is 9.49. The Labute approximate surface area is 166 Å². The van der Waals surface area contributed by atoms with Crippen LogP contribution >= 0.6 is 7.37 Å². The fourth-order valence-electron chi connectivity index (χ4n) is 3.92. The van der Waals surface area contributed by atoms with Crippen molar-refractivity contribution in [1.82, 2.24) is 0 Å². The molecule has 1 fully saturated rings. The van der Waals surface area contributed by atoms with Gasteiger partial charge >= 0.3 is 0 Å². The molecule has 2 unspecified atom stereocenters. The van der Waals surface area contributed by atoms with Crippen LogP contribution in [0, 0.1) is 0 Å². The fraction of sp³-hybridized carbons (Fsp3) is 0.0909. The topological polar surface area (TPSA) is 83.9 Å². The summed E-state index contributed by atoms with van der Waals surface area (Å²) >= 11 is 0. The lowest BCUT2D eigenvalue weighted by molar-refractivity contribution is -0.121. The van der Waals surface area contributed by atoms with Gasteiger partial charge in [-0.15, -0.1) is 0 Å². The molecule has 1 N–H and O–H groups in total. The van der Waals surface area contributed by atoms with Gasteiger partial charge in [-0.25, -0.2) is 4.90 Å². The zero-order valence-corrected chi connectivity index (χ0v) is 16.1. The van der Waals surface area contributed by atoms with Gasteiger partial charge in [-0.2, -0.15) is 0 Å². The Balaban J connectivity index is 1.61. The Kier molecular flexibility index (Phi) is 3.86. The van der Waals surface area contributed by atoms with E-state index in [-0.39, 0.29) is 12.2 Å². The minimum absolute atomic E-state index is 0.0262. The van der Waals surface area contributed by atoms with Crippen LogP contribution in [-0.4, -0.2) is 22.6 Å². The van der Waals surface area contributed by atoms with Crippen LogP contribution in [0.25, 0.3) is 11.1 Å². The van der Waals surface area contributed by atoms with Crippen LogP contribution in [0.3, 0.4) is 0 Å². The van der Waals surface area contributed by atoms with Crippen LogP contribution in [0.2, 0.25) is 0 Å². The van der Waals surface area contributed by atoms with E-state index in [0.717, 1.165) is 16.0 Å². The van der Waals surface area contributed by atoms with Crippen LogP contribution in [0.15, 0.2) is 72.8 Å². The second-order valence-electron chi connectivity index (χ2n) is 7.01. The predicted octanol–water partition coefficient (Wildman–Crippen LogP) is 3.69. The van der Waals surface area contributed by atoms with Gasteiger partial charge in [0, 0.05) is 12.0 Å². The number of benzene rings is 3.